The van der Waals surface area contributed by atoms with E-state index in [-0.39, 0.29) is 11.3 Å². The molecular formula is C17H20N6O3S. The molecule has 0 saturated carbocycles. The molecule has 27 heavy (non-hydrogen) atoms. The van der Waals surface area contributed by atoms with Crippen molar-refractivity contribution < 1.29 is 13.2 Å². The standard InChI is InChI=1S/C17H20N6O3S/c1-2-3-6-20-27(25,26)14-7-13(9-19-10-14)12-4-5-17-21-16(8-15(18)24)22-23(17)11-12/h4-5,7,9-11,20H,2-3,6,8H2,1H3,(H2,18,24). The smallest absolute Gasteiger partial charge is 0.242 e. The van der Waals surface area contributed by atoms with Crippen molar-refractivity contribution in [1.82, 2.24) is 24.3 Å². The minimum atomic E-state index is -3.61. The Morgan fingerprint density at radius 2 is 2.07 bits per heavy atom. The number of unbranched alkanes of at least 4 members (excludes halogenated alkanes) is 1. The fourth-order valence-corrected chi connectivity index (χ4v) is 3.58. The van der Waals surface area contributed by atoms with Crippen LogP contribution < -0.4 is 10.5 Å². The van der Waals surface area contributed by atoms with Gasteiger partial charge in [0.15, 0.2) is 11.5 Å². The lowest BCUT2D eigenvalue weighted by Crippen LogP contribution is -2.24. The normalized spacial score (nSPS) is 11.7. The summed E-state index contributed by atoms with van der Waals surface area (Å²) in [5.74, 6) is -0.182. The molecule has 1 amide bonds. The molecule has 0 unspecified atom stereocenters. The summed E-state index contributed by atoms with van der Waals surface area (Å²) in [6, 6.07) is 5.08. The molecule has 0 saturated heterocycles. The Morgan fingerprint density at radius 1 is 1.26 bits per heavy atom. The second-order valence-corrected chi connectivity index (χ2v) is 7.82. The topological polar surface area (TPSA) is 132 Å². The number of nitrogens with one attached hydrogen (secondary N) is 1. The van der Waals surface area contributed by atoms with Gasteiger partial charge in [0.05, 0.1) is 6.42 Å². The first-order valence-corrected chi connectivity index (χ1v) is 9.96. The van der Waals surface area contributed by atoms with Gasteiger partial charge in [-0.15, -0.1) is 0 Å². The maximum absolute atomic E-state index is 12.4. The highest BCUT2D eigenvalue weighted by Crippen LogP contribution is 2.22. The van der Waals surface area contributed by atoms with Crippen LogP contribution in [0.2, 0.25) is 0 Å². The molecule has 0 aromatic carbocycles. The predicted molar refractivity (Wildman–Crippen MR) is 99.2 cm³/mol. The second kappa shape index (κ2) is 7.80. The van der Waals surface area contributed by atoms with E-state index in [1.165, 1.54) is 10.7 Å². The summed E-state index contributed by atoms with van der Waals surface area (Å²) in [5.41, 5.74) is 7.08. The zero-order valence-electron chi connectivity index (χ0n) is 14.8. The average molecular weight is 388 g/mol. The summed E-state index contributed by atoms with van der Waals surface area (Å²) in [7, 11) is -3.61. The zero-order chi connectivity index (χ0) is 19.4. The number of sulfonamides is 1. The Hall–Kier alpha value is -2.85. The van der Waals surface area contributed by atoms with Gasteiger partial charge in [0.1, 0.15) is 4.90 Å². The molecule has 0 spiro atoms. The van der Waals surface area contributed by atoms with Gasteiger partial charge in [-0.25, -0.2) is 22.6 Å². The van der Waals surface area contributed by atoms with Gasteiger partial charge < -0.3 is 5.73 Å². The molecule has 0 fully saturated rings. The largest absolute Gasteiger partial charge is 0.369 e. The number of hydrogen-bond acceptors (Lipinski definition) is 6. The molecule has 3 aromatic heterocycles. The minimum Gasteiger partial charge on any atom is -0.369 e. The summed E-state index contributed by atoms with van der Waals surface area (Å²) in [6.45, 7) is 2.38. The molecule has 0 atom stereocenters. The molecule has 3 rings (SSSR count). The molecule has 0 aliphatic heterocycles. The first kappa shape index (κ1) is 18.9. The van der Waals surface area contributed by atoms with E-state index >= 15 is 0 Å². The Bertz CT molecular complexity index is 1080. The number of carbonyl (C=O) groups excluding carboxylic acids is 1. The Morgan fingerprint density at radius 3 is 2.81 bits per heavy atom. The van der Waals surface area contributed by atoms with Crippen LogP contribution in [0.25, 0.3) is 16.8 Å². The van der Waals surface area contributed by atoms with Crippen molar-refractivity contribution in [3.63, 3.8) is 0 Å². The van der Waals surface area contributed by atoms with Crippen LogP contribution in [0.5, 0.6) is 0 Å². The maximum atomic E-state index is 12.4. The number of nitrogens with zero attached hydrogens (tertiary/aromatic N) is 4. The molecule has 9 nitrogen and oxygen atoms in total. The highest BCUT2D eigenvalue weighted by atomic mass is 32.2. The van der Waals surface area contributed by atoms with Gasteiger partial charge in [-0.05, 0) is 24.6 Å². The van der Waals surface area contributed by atoms with E-state index in [9.17, 15) is 13.2 Å². The summed E-state index contributed by atoms with van der Waals surface area (Å²) >= 11 is 0. The van der Waals surface area contributed by atoms with E-state index in [1.54, 1.807) is 30.6 Å². The number of carbonyl (C=O) groups is 1. The van der Waals surface area contributed by atoms with Gasteiger partial charge in [-0.3, -0.25) is 9.78 Å². The Balaban J connectivity index is 1.91. The van der Waals surface area contributed by atoms with E-state index in [0.717, 1.165) is 18.4 Å². The SMILES string of the molecule is CCCCNS(=O)(=O)c1cncc(-c2ccc3nc(CC(N)=O)nn3c2)c1. The number of amides is 1. The van der Waals surface area contributed by atoms with Gasteiger partial charge in [-0.1, -0.05) is 13.3 Å². The van der Waals surface area contributed by atoms with Crippen molar-refractivity contribution in [1.29, 1.82) is 0 Å². The van der Waals surface area contributed by atoms with Gasteiger partial charge in [0.25, 0.3) is 0 Å². The van der Waals surface area contributed by atoms with Crippen LogP contribution >= 0.6 is 0 Å². The van der Waals surface area contributed by atoms with Gasteiger partial charge in [0.2, 0.25) is 15.9 Å². The number of nitrogens with two attached hydrogens (primary N) is 1. The van der Waals surface area contributed by atoms with Gasteiger partial charge in [-0.2, -0.15) is 5.10 Å². The van der Waals surface area contributed by atoms with E-state index in [1.807, 2.05) is 6.92 Å². The number of pyridine rings is 2. The third-order valence-electron chi connectivity index (χ3n) is 3.89. The monoisotopic (exact) mass is 388 g/mol. The molecule has 0 bridgehead atoms. The summed E-state index contributed by atoms with van der Waals surface area (Å²) in [4.78, 5) is 19.4. The summed E-state index contributed by atoms with van der Waals surface area (Å²) in [6.07, 6.45) is 6.21. The lowest BCUT2D eigenvalue weighted by molar-refractivity contribution is -0.117. The van der Waals surface area contributed by atoms with Crippen LogP contribution in [-0.2, 0) is 21.2 Å². The fraction of sp³-hybridized carbons (Fsp3) is 0.294. The molecule has 10 heteroatoms. The lowest BCUT2D eigenvalue weighted by atomic mass is 10.1. The number of primary amides is 1. The van der Waals surface area contributed by atoms with Crippen LogP contribution in [0, 0.1) is 0 Å². The van der Waals surface area contributed by atoms with Crippen molar-refractivity contribution in [2.24, 2.45) is 5.73 Å². The number of hydrogen-bond donors (Lipinski definition) is 2. The quantitative estimate of drug-likeness (QED) is 0.551. The van der Waals surface area contributed by atoms with Crippen molar-refractivity contribution in [3.05, 3.63) is 42.6 Å². The highest BCUT2D eigenvalue weighted by Gasteiger charge is 2.15. The van der Waals surface area contributed by atoms with Gasteiger partial charge >= 0.3 is 0 Å². The third kappa shape index (κ3) is 4.47. The molecular weight excluding hydrogens is 368 g/mol. The lowest BCUT2D eigenvalue weighted by Gasteiger charge is -2.08. The van der Waals surface area contributed by atoms with Crippen LogP contribution in [0.15, 0.2) is 41.7 Å². The predicted octanol–water partition coefficient (Wildman–Crippen LogP) is 0.897. The molecule has 3 heterocycles. The van der Waals surface area contributed by atoms with Crippen molar-refractivity contribution in [2.45, 2.75) is 31.1 Å². The third-order valence-corrected chi connectivity index (χ3v) is 5.31. The van der Waals surface area contributed by atoms with Crippen LogP contribution in [-0.4, -0.2) is 40.5 Å². The van der Waals surface area contributed by atoms with E-state index < -0.39 is 15.9 Å². The average Bonchev–Trinajstić information content (AvgIpc) is 3.02. The van der Waals surface area contributed by atoms with E-state index in [0.29, 0.717) is 23.6 Å². The van der Waals surface area contributed by atoms with Crippen LogP contribution in [0.1, 0.15) is 25.6 Å². The van der Waals surface area contributed by atoms with E-state index in [4.69, 9.17) is 5.73 Å². The van der Waals surface area contributed by atoms with Crippen molar-refractivity contribution in [3.8, 4) is 11.1 Å². The summed E-state index contributed by atoms with van der Waals surface area (Å²) < 4.78 is 28.9. The molecule has 0 radical (unpaired) electrons. The zero-order valence-corrected chi connectivity index (χ0v) is 15.6. The van der Waals surface area contributed by atoms with Gasteiger partial charge in [0, 0.05) is 36.3 Å². The summed E-state index contributed by atoms with van der Waals surface area (Å²) in [5, 5.41) is 4.21. The molecule has 3 N–H and O–H groups in total. The first-order chi connectivity index (χ1) is 12.9. The number of fused-ring (bicyclic) bond motifs is 1. The maximum Gasteiger partial charge on any atom is 0.242 e. The molecule has 142 valence electrons. The van der Waals surface area contributed by atoms with Crippen molar-refractivity contribution >= 4 is 21.6 Å². The van der Waals surface area contributed by atoms with Crippen LogP contribution in [0.4, 0.5) is 0 Å². The minimum absolute atomic E-state index is 0.0459. The van der Waals surface area contributed by atoms with E-state index in [2.05, 4.69) is 19.8 Å². The second-order valence-electron chi connectivity index (χ2n) is 6.05. The highest BCUT2D eigenvalue weighted by molar-refractivity contribution is 7.89. The van der Waals surface area contributed by atoms with Crippen LogP contribution in [0.3, 0.4) is 0 Å². The number of rotatable bonds is 8. The number of aromatic nitrogens is 4. The van der Waals surface area contributed by atoms with Crippen molar-refractivity contribution in [2.75, 3.05) is 6.54 Å². The molecule has 0 aliphatic carbocycles. The fourth-order valence-electron chi connectivity index (χ4n) is 2.52. The molecule has 0 aliphatic rings. The molecule has 3 aromatic rings. The Labute approximate surface area is 156 Å². The first-order valence-electron chi connectivity index (χ1n) is 8.48. The Kier molecular flexibility index (Phi) is 5.47.